The van der Waals surface area contributed by atoms with Gasteiger partial charge in [0.05, 0.1) is 19.5 Å². The minimum atomic E-state index is -1.97. The Morgan fingerprint density at radius 1 is 1.08 bits per heavy atom. The van der Waals surface area contributed by atoms with Crippen LogP contribution in [0, 0.1) is 11.8 Å². The van der Waals surface area contributed by atoms with E-state index in [4.69, 9.17) is 21.1 Å². The molecule has 1 saturated heterocycles. The molecule has 1 aromatic rings. The molecule has 0 radical (unpaired) electrons. The Balaban J connectivity index is 1.90. The van der Waals surface area contributed by atoms with Crippen LogP contribution in [0.15, 0.2) is 30.3 Å². The van der Waals surface area contributed by atoms with Gasteiger partial charge in [-0.2, -0.15) is 0 Å². The molecular formula is C20H33O2PS. The Labute approximate surface area is 153 Å². The predicted molar refractivity (Wildman–Crippen MR) is 108 cm³/mol. The van der Waals surface area contributed by atoms with Crippen molar-refractivity contribution in [1.82, 2.24) is 0 Å². The third-order valence-electron chi connectivity index (χ3n) is 4.94. The predicted octanol–water partition coefficient (Wildman–Crippen LogP) is 5.37. The van der Waals surface area contributed by atoms with Crippen molar-refractivity contribution in [3.63, 3.8) is 0 Å². The van der Waals surface area contributed by atoms with Gasteiger partial charge in [-0.25, -0.2) is 0 Å². The van der Waals surface area contributed by atoms with E-state index in [-0.39, 0.29) is 0 Å². The molecule has 1 heterocycles. The fourth-order valence-corrected chi connectivity index (χ4v) is 6.99. The maximum Gasteiger partial charge on any atom is 0.0951 e. The van der Waals surface area contributed by atoms with Gasteiger partial charge in [0, 0.05) is 18.1 Å². The normalized spacial score (nSPS) is 23.2. The molecular weight excluding hydrogens is 335 g/mol. The molecule has 1 aromatic carbocycles. The average Bonchev–Trinajstić information content (AvgIpc) is 2.99. The smallest absolute Gasteiger partial charge is 0.0951 e. The first-order chi connectivity index (χ1) is 11.7. The Morgan fingerprint density at radius 3 is 2.46 bits per heavy atom. The summed E-state index contributed by atoms with van der Waals surface area (Å²) in [5, 5.41) is 1.23. The molecule has 0 N–H and O–H groups in total. The summed E-state index contributed by atoms with van der Waals surface area (Å²) in [5.74, 6) is 1.13. The highest BCUT2D eigenvalue weighted by atomic mass is 32.4. The van der Waals surface area contributed by atoms with E-state index in [1.807, 2.05) is 0 Å². The SMILES string of the molecule is CCCCCCCCOP(=S)(CC1COCC1C)c1ccccc1. The Kier molecular flexibility index (Phi) is 8.97. The largest absolute Gasteiger partial charge is 0.381 e. The lowest BCUT2D eigenvalue weighted by Crippen LogP contribution is -2.20. The minimum absolute atomic E-state index is 0.542. The molecule has 0 bridgehead atoms. The van der Waals surface area contributed by atoms with Crippen molar-refractivity contribution in [2.45, 2.75) is 52.4 Å². The topological polar surface area (TPSA) is 18.5 Å². The fourth-order valence-electron chi connectivity index (χ4n) is 3.23. The first-order valence-corrected chi connectivity index (χ1v) is 12.4. The van der Waals surface area contributed by atoms with Crippen LogP contribution in [0.3, 0.4) is 0 Å². The molecule has 0 spiro atoms. The zero-order valence-electron chi connectivity index (χ0n) is 15.3. The number of rotatable bonds is 11. The van der Waals surface area contributed by atoms with Gasteiger partial charge in [0.2, 0.25) is 0 Å². The van der Waals surface area contributed by atoms with Crippen molar-refractivity contribution >= 4 is 23.4 Å². The van der Waals surface area contributed by atoms with Gasteiger partial charge in [0.25, 0.3) is 0 Å². The monoisotopic (exact) mass is 368 g/mol. The van der Waals surface area contributed by atoms with E-state index in [0.29, 0.717) is 11.8 Å². The molecule has 1 aliphatic rings. The van der Waals surface area contributed by atoms with Gasteiger partial charge >= 0.3 is 0 Å². The fraction of sp³-hybridized carbons (Fsp3) is 0.700. The lowest BCUT2D eigenvalue weighted by Gasteiger charge is -2.27. The lowest BCUT2D eigenvalue weighted by molar-refractivity contribution is 0.183. The molecule has 0 amide bonds. The van der Waals surface area contributed by atoms with E-state index >= 15 is 0 Å². The molecule has 1 aliphatic heterocycles. The van der Waals surface area contributed by atoms with Crippen LogP contribution in [0.4, 0.5) is 0 Å². The van der Waals surface area contributed by atoms with Gasteiger partial charge in [0.1, 0.15) is 0 Å². The Hall–Kier alpha value is -0.210. The van der Waals surface area contributed by atoms with Crippen molar-refractivity contribution in [3.8, 4) is 0 Å². The van der Waals surface area contributed by atoms with Crippen molar-refractivity contribution in [2.24, 2.45) is 11.8 Å². The van der Waals surface area contributed by atoms with Gasteiger partial charge in [-0.1, -0.05) is 88.1 Å². The van der Waals surface area contributed by atoms with Gasteiger partial charge in [-0.3, -0.25) is 0 Å². The average molecular weight is 369 g/mol. The highest BCUT2D eigenvalue weighted by Gasteiger charge is 2.32. The number of ether oxygens (including phenoxy) is 1. The van der Waals surface area contributed by atoms with Crippen LogP contribution in [-0.2, 0) is 21.1 Å². The van der Waals surface area contributed by atoms with Crippen molar-refractivity contribution in [2.75, 3.05) is 26.0 Å². The van der Waals surface area contributed by atoms with Crippen LogP contribution in [0.5, 0.6) is 0 Å². The number of unbranched alkanes of at least 4 members (excludes halogenated alkanes) is 5. The molecule has 2 nitrogen and oxygen atoms in total. The molecule has 0 aliphatic carbocycles. The van der Waals surface area contributed by atoms with Crippen LogP contribution in [0.25, 0.3) is 0 Å². The van der Waals surface area contributed by atoms with Gasteiger partial charge in [0.15, 0.2) is 0 Å². The molecule has 4 heteroatoms. The van der Waals surface area contributed by atoms with E-state index in [9.17, 15) is 0 Å². The second kappa shape index (κ2) is 10.7. The van der Waals surface area contributed by atoms with Crippen molar-refractivity contribution in [3.05, 3.63) is 30.3 Å². The number of hydrogen-bond acceptors (Lipinski definition) is 3. The highest BCUT2D eigenvalue weighted by molar-refractivity contribution is 8.15. The first kappa shape index (κ1) is 20.1. The molecule has 3 unspecified atom stereocenters. The second-order valence-electron chi connectivity index (χ2n) is 7.07. The summed E-state index contributed by atoms with van der Waals surface area (Å²) >= 11 is 6.11. The number of hydrogen-bond donors (Lipinski definition) is 0. The van der Waals surface area contributed by atoms with Crippen molar-refractivity contribution in [1.29, 1.82) is 0 Å². The van der Waals surface area contributed by atoms with E-state index in [0.717, 1.165) is 32.4 Å². The summed E-state index contributed by atoms with van der Waals surface area (Å²) in [4.78, 5) is 0. The second-order valence-corrected chi connectivity index (χ2v) is 11.3. The molecule has 0 aromatic heterocycles. The Morgan fingerprint density at radius 2 is 1.79 bits per heavy atom. The molecule has 1 fully saturated rings. The highest BCUT2D eigenvalue weighted by Crippen LogP contribution is 2.49. The third-order valence-corrected chi connectivity index (χ3v) is 8.97. The standard InChI is InChI=1S/C20H33O2PS/c1-3-4-5-6-7-11-14-22-23(24,20-12-9-8-10-13-20)17-19-16-21-15-18(19)2/h8-10,12-13,18-19H,3-7,11,14-17H2,1-2H3. The van der Waals surface area contributed by atoms with E-state index in [2.05, 4.69) is 44.2 Å². The lowest BCUT2D eigenvalue weighted by atomic mass is 10.0. The molecule has 3 atom stereocenters. The van der Waals surface area contributed by atoms with Crippen LogP contribution >= 0.6 is 6.26 Å². The molecule has 0 saturated carbocycles. The molecule has 136 valence electrons. The van der Waals surface area contributed by atoms with Crippen molar-refractivity contribution < 1.29 is 9.26 Å². The molecule has 2 rings (SSSR count). The van der Waals surface area contributed by atoms with E-state index < -0.39 is 6.26 Å². The van der Waals surface area contributed by atoms with Crippen LogP contribution < -0.4 is 5.30 Å². The van der Waals surface area contributed by atoms with Gasteiger partial charge in [-0.05, 0) is 18.3 Å². The maximum atomic E-state index is 6.40. The summed E-state index contributed by atoms with van der Waals surface area (Å²) in [6.45, 7) is 7.04. The van der Waals surface area contributed by atoms with Gasteiger partial charge < -0.3 is 9.26 Å². The van der Waals surface area contributed by atoms with Crippen LogP contribution in [0.1, 0.15) is 52.4 Å². The zero-order chi connectivity index (χ0) is 17.3. The summed E-state index contributed by atoms with van der Waals surface area (Å²) in [7, 11) is 0. The molecule has 24 heavy (non-hydrogen) atoms. The summed E-state index contributed by atoms with van der Waals surface area (Å²) in [6.07, 6.45) is 6.71. The van der Waals surface area contributed by atoms with Gasteiger partial charge in [-0.15, -0.1) is 0 Å². The maximum absolute atomic E-state index is 6.40. The summed E-state index contributed by atoms with van der Waals surface area (Å²) < 4.78 is 12.1. The third kappa shape index (κ3) is 6.26. The zero-order valence-corrected chi connectivity index (χ0v) is 17.0. The summed E-state index contributed by atoms with van der Waals surface area (Å²) in [5.41, 5.74) is 0. The number of benzene rings is 1. The minimum Gasteiger partial charge on any atom is -0.381 e. The quantitative estimate of drug-likeness (QED) is 0.387. The summed E-state index contributed by atoms with van der Waals surface area (Å²) in [6, 6.07) is 10.5. The Bertz CT molecular complexity index is 506. The first-order valence-electron chi connectivity index (χ1n) is 9.52. The van der Waals surface area contributed by atoms with Crippen LogP contribution in [-0.4, -0.2) is 26.0 Å². The van der Waals surface area contributed by atoms with E-state index in [1.54, 1.807) is 0 Å². The van der Waals surface area contributed by atoms with Crippen LogP contribution in [0.2, 0.25) is 0 Å². The van der Waals surface area contributed by atoms with E-state index in [1.165, 1.54) is 37.4 Å².